The second-order valence-electron chi connectivity index (χ2n) is 16.5. The van der Waals surface area contributed by atoms with Crippen LogP contribution in [0.2, 0.25) is 16.6 Å². The highest BCUT2D eigenvalue weighted by Gasteiger charge is 2.49. The van der Waals surface area contributed by atoms with E-state index in [9.17, 15) is 4.39 Å². The molecule has 2 aromatic heterocycles. The average molecular weight is 790 g/mol. The van der Waals surface area contributed by atoms with Crippen molar-refractivity contribution in [1.82, 2.24) is 19.9 Å². The smallest absolute Gasteiger partial charge is 0.319 e. The molecule has 300 valence electrons. The Morgan fingerprint density at radius 1 is 0.982 bits per heavy atom. The predicted molar refractivity (Wildman–Crippen MR) is 217 cm³/mol. The first-order chi connectivity index (χ1) is 26.9. The van der Waals surface area contributed by atoms with E-state index in [-0.39, 0.29) is 36.2 Å². The second-order valence-corrected chi connectivity index (χ2v) is 22.1. The van der Waals surface area contributed by atoms with E-state index in [1.807, 2.05) is 4.90 Å². The quantitative estimate of drug-likeness (QED) is 0.0842. The summed E-state index contributed by atoms with van der Waals surface area (Å²) in [6.07, 6.45) is 3.56. The third kappa shape index (κ3) is 7.46. The SMILES string of the molecule is COCOc1cc(-c2ncc3c(N4CCCOCC4)nc(OCC45CCCN4CC(F)C5)nc3c2F)c2c(C#C[Si](C(C)C)(C(C)C)C(C)C)c(F)ccc2c1. The fraction of sp³-hybridized carbons (Fsp3) is 0.558. The van der Waals surface area contributed by atoms with Crippen molar-refractivity contribution in [2.75, 3.05) is 64.8 Å². The van der Waals surface area contributed by atoms with Crippen LogP contribution in [0.1, 0.15) is 72.8 Å². The van der Waals surface area contributed by atoms with Crippen LogP contribution in [0.4, 0.5) is 19.0 Å². The van der Waals surface area contributed by atoms with Crippen molar-refractivity contribution in [3.63, 3.8) is 0 Å². The summed E-state index contributed by atoms with van der Waals surface area (Å²) < 4.78 is 71.5. The lowest BCUT2D eigenvalue weighted by Gasteiger charge is -2.38. The molecule has 3 fully saturated rings. The number of rotatable bonds is 11. The maximum atomic E-state index is 17.5. The number of fused-ring (bicyclic) bond motifs is 3. The number of nitrogens with zero attached hydrogens (tertiary/aromatic N) is 5. The molecule has 5 heterocycles. The van der Waals surface area contributed by atoms with Gasteiger partial charge in [-0.1, -0.05) is 53.5 Å². The fourth-order valence-electron chi connectivity index (χ4n) is 9.66. The van der Waals surface area contributed by atoms with Gasteiger partial charge in [0, 0.05) is 56.9 Å². The molecule has 4 aromatic rings. The Hall–Kier alpha value is -3.96. The zero-order valence-corrected chi connectivity index (χ0v) is 34.7. The van der Waals surface area contributed by atoms with E-state index in [2.05, 4.69) is 62.9 Å². The van der Waals surface area contributed by atoms with Crippen LogP contribution in [0.5, 0.6) is 11.8 Å². The number of halogens is 3. The van der Waals surface area contributed by atoms with Crippen molar-refractivity contribution >= 4 is 35.6 Å². The summed E-state index contributed by atoms with van der Waals surface area (Å²) in [7, 11) is -0.766. The molecule has 0 aliphatic carbocycles. The summed E-state index contributed by atoms with van der Waals surface area (Å²) in [5, 5.41) is 1.46. The van der Waals surface area contributed by atoms with E-state index in [1.165, 1.54) is 13.2 Å². The highest BCUT2D eigenvalue weighted by atomic mass is 28.3. The van der Waals surface area contributed by atoms with Crippen LogP contribution in [0, 0.1) is 23.1 Å². The van der Waals surface area contributed by atoms with Gasteiger partial charge in [-0.15, -0.1) is 5.54 Å². The van der Waals surface area contributed by atoms with Crippen molar-refractivity contribution in [2.45, 2.75) is 95.6 Å². The third-order valence-corrected chi connectivity index (χ3v) is 18.6. The summed E-state index contributed by atoms with van der Waals surface area (Å²) in [5.74, 6) is 3.01. The molecule has 0 spiro atoms. The molecule has 7 rings (SSSR count). The number of ether oxygens (including phenoxy) is 4. The summed E-state index contributed by atoms with van der Waals surface area (Å²) in [5.41, 5.74) is 4.68. The third-order valence-electron chi connectivity index (χ3n) is 12.3. The van der Waals surface area contributed by atoms with Crippen LogP contribution in [-0.2, 0) is 9.47 Å². The summed E-state index contributed by atoms with van der Waals surface area (Å²) in [6, 6.07) is 6.51. The summed E-state index contributed by atoms with van der Waals surface area (Å²) in [4.78, 5) is 18.5. The minimum Gasteiger partial charge on any atom is -0.468 e. The van der Waals surface area contributed by atoms with Crippen LogP contribution in [-0.4, -0.2) is 99.5 Å². The van der Waals surface area contributed by atoms with Crippen LogP contribution in [0.25, 0.3) is 32.9 Å². The standard InChI is InChI=1S/C43H54F3N5O4Si/c1-27(2)56(28(3)4,29(5)6)19-12-33-36(45)11-10-30-20-32(55-26-52-7)21-34(37(30)33)39-38(46)40-35(23-47-39)41(50-14-9-17-53-18-16-50)49-42(48-40)54-25-43-13-8-15-51(43)24-31(44)22-43/h10-11,20-21,23,27-29,31H,8-9,13-18,22,24-26H2,1-7H3. The van der Waals surface area contributed by atoms with Gasteiger partial charge in [0.25, 0.3) is 0 Å². The predicted octanol–water partition coefficient (Wildman–Crippen LogP) is 8.86. The monoisotopic (exact) mass is 789 g/mol. The first-order valence-electron chi connectivity index (χ1n) is 20.0. The van der Waals surface area contributed by atoms with E-state index in [0.29, 0.717) is 89.2 Å². The molecule has 0 radical (unpaired) electrons. The Bertz CT molecular complexity index is 2110. The normalized spacial score (nSPS) is 20.6. The van der Waals surface area contributed by atoms with Gasteiger partial charge in [0.05, 0.1) is 23.1 Å². The number of hydrogen-bond donors (Lipinski definition) is 0. The molecule has 3 aliphatic rings. The van der Waals surface area contributed by atoms with E-state index in [4.69, 9.17) is 28.9 Å². The molecule has 9 nitrogen and oxygen atoms in total. The molecule has 56 heavy (non-hydrogen) atoms. The fourth-order valence-corrected chi connectivity index (χ4v) is 14.9. The maximum Gasteiger partial charge on any atom is 0.319 e. The highest BCUT2D eigenvalue weighted by Crippen LogP contribution is 2.43. The molecule has 2 aromatic carbocycles. The van der Waals surface area contributed by atoms with Gasteiger partial charge in [-0.25, -0.2) is 13.2 Å². The Morgan fingerprint density at radius 3 is 2.52 bits per heavy atom. The minimum absolute atomic E-state index is 0.00856. The van der Waals surface area contributed by atoms with Gasteiger partial charge in [-0.05, 0) is 66.0 Å². The van der Waals surface area contributed by atoms with Gasteiger partial charge in [0.2, 0.25) is 0 Å². The molecule has 2 atom stereocenters. The lowest BCUT2D eigenvalue weighted by atomic mass is 9.95. The molecule has 13 heteroatoms. The minimum atomic E-state index is -2.28. The lowest BCUT2D eigenvalue weighted by molar-refractivity contribution is 0.0512. The Labute approximate surface area is 329 Å². The van der Waals surface area contributed by atoms with Gasteiger partial charge >= 0.3 is 6.01 Å². The number of aromatic nitrogens is 3. The maximum absolute atomic E-state index is 17.5. The van der Waals surface area contributed by atoms with Gasteiger partial charge in [-0.3, -0.25) is 9.88 Å². The van der Waals surface area contributed by atoms with Gasteiger partial charge in [0.1, 0.15) is 49.4 Å². The second kappa shape index (κ2) is 16.5. The molecular formula is C43H54F3N5O4Si. The molecule has 0 amide bonds. The molecule has 0 N–H and O–H groups in total. The highest BCUT2D eigenvalue weighted by molar-refractivity contribution is 6.90. The van der Waals surface area contributed by atoms with Crippen LogP contribution < -0.4 is 14.4 Å². The van der Waals surface area contributed by atoms with Gasteiger partial charge < -0.3 is 23.8 Å². The van der Waals surface area contributed by atoms with Crippen LogP contribution in [0.3, 0.4) is 0 Å². The van der Waals surface area contributed by atoms with Crippen molar-refractivity contribution in [3.05, 3.63) is 47.7 Å². The van der Waals surface area contributed by atoms with Gasteiger partial charge in [0.15, 0.2) is 12.6 Å². The van der Waals surface area contributed by atoms with Crippen molar-refractivity contribution < 1.29 is 32.1 Å². The first-order valence-corrected chi connectivity index (χ1v) is 22.2. The number of benzene rings is 2. The van der Waals surface area contributed by atoms with Crippen molar-refractivity contribution in [1.29, 1.82) is 0 Å². The van der Waals surface area contributed by atoms with Gasteiger partial charge in [-0.2, -0.15) is 9.97 Å². The number of pyridine rings is 1. The van der Waals surface area contributed by atoms with E-state index in [1.54, 1.807) is 24.4 Å². The topological polar surface area (TPSA) is 82.1 Å². The van der Waals surface area contributed by atoms with E-state index < -0.39 is 31.4 Å². The number of alkyl halides is 1. The zero-order valence-electron chi connectivity index (χ0n) is 33.7. The number of anilines is 1. The number of methoxy groups -OCH3 is 1. The van der Waals surface area contributed by atoms with E-state index >= 15 is 8.78 Å². The summed E-state index contributed by atoms with van der Waals surface area (Å²) in [6.45, 7) is 16.9. The Kier molecular flexibility index (Phi) is 11.8. The largest absolute Gasteiger partial charge is 0.468 e. The lowest BCUT2D eigenvalue weighted by Crippen LogP contribution is -2.43. The van der Waals surface area contributed by atoms with Crippen LogP contribution in [0.15, 0.2) is 30.5 Å². The Morgan fingerprint density at radius 2 is 1.77 bits per heavy atom. The summed E-state index contributed by atoms with van der Waals surface area (Å²) >= 11 is 0. The number of hydrogen-bond acceptors (Lipinski definition) is 9. The average Bonchev–Trinajstić information content (AvgIpc) is 3.55. The molecule has 3 saturated heterocycles. The zero-order chi connectivity index (χ0) is 39.8. The molecule has 0 bridgehead atoms. The molecule has 3 aliphatic heterocycles. The molecule has 0 saturated carbocycles. The van der Waals surface area contributed by atoms with Crippen molar-refractivity contribution in [3.8, 4) is 34.5 Å². The molecule has 2 unspecified atom stereocenters. The van der Waals surface area contributed by atoms with Crippen LogP contribution >= 0.6 is 0 Å². The first kappa shape index (κ1) is 40.2. The van der Waals surface area contributed by atoms with Crippen molar-refractivity contribution in [2.24, 2.45) is 0 Å². The van der Waals surface area contributed by atoms with E-state index in [0.717, 1.165) is 25.8 Å². The molecular weight excluding hydrogens is 736 g/mol. The Balaban J connectivity index is 1.42.